The Hall–Kier alpha value is -6.98. The maximum absolute atomic E-state index is 6.51. The molecule has 0 saturated heterocycles. The molecule has 5 heterocycles. The van der Waals surface area contributed by atoms with Crippen molar-refractivity contribution in [3.8, 4) is 33.5 Å². The third kappa shape index (κ3) is 4.28. The average Bonchev–Trinajstić information content (AvgIpc) is 3.59. The second kappa shape index (κ2) is 10.8. The zero-order valence-electron chi connectivity index (χ0n) is 27.2. The Labute approximate surface area is 291 Å². The number of rotatable bonds is 3. The molecule has 0 amide bonds. The van der Waals surface area contributed by atoms with Crippen molar-refractivity contribution in [2.24, 2.45) is 0 Å². The second-order valence-electron chi connectivity index (χ2n) is 13.0. The van der Waals surface area contributed by atoms with Gasteiger partial charge in [0.25, 0.3) is 0 Å². The van der Waals surface area contributed by atoms with E-state index < -0.39 is 0 Å². The molecule has 0 fully saturated rings. The van der Waals surface area contributed by atoms with Crippen LogP contribution in [-0.4, -0.2) is 19.9 Å². The molecule has 11 rings (SSSR count). The molecule has 0 N–H and O–H groups in total. The van der Waals surface area contributed by atoms with Gasteiger partial charge in [0, 0.05) is 72.8 Å². The van der Waals surface area contributed by atoms with E-state index in [-0.39, 0.29) is 0 Å². The van der Waals surface area contributed by atoms with Gasteiger partial charge in [0.05, 0.1) is 27.8 Å². The number of furan rings is 1. The summed E-state index contributed by atoms with van der Waals surface area (Å²) in [6, 6.07) is 48.7. The van der Waals surface area contributed by atoms with Crippen LogP contribution < -0.4 is 0 Å². The molecule has 0 unspecified atom stereocenters. The SMILES string of the molecule is c1cnc2c(c1)ccc1c(-c3ccc4ncc(-c5ccc(-c6nc7ccccc7c7c6ccc6c8ccccc8oc67)cc5)cc4c3)ccnc12. The Balaban J connectivity index is 1.01. The standard InChI is InChI=1S/C46H26N4O/c1-3-9-40-37(8-1)42-38(19-18-36-34-7-2-4-10-41(34)51-46(36)42)43(50-40)29-13-11-27(12-14-29)32-25-31-24-30(16-20-39(31)49-26-32)33-21-23-48-45-35(33)17-15-28-6-5-22-47-44(28)45/h1-26H. The first kappa shape index (κ1) is 27.9. The Morgan fingerprint density at radius 2 is 1.20 bits per heavy atom. The van der Waals surface area contributed by atoms with Crippen molar-refractivity contribution in [1.29, 1.82) is 0 Å². The molecule has 0 saturated carbocycles. The van der Waals surface area contributed by atoms with E-state index >= 15 is 0 Å². The monoisotopic (exact) mass is 650 g/mol. The molecule has 236 valence electrons. The van der Waals surface area contributed by atoms with E-state index in [1.54, 1.807) is 0 Å². The molecular formula is C46H26N4O. The lowest BCUT2D eigenvalue weighted by atomic mass is 9.96. The zero-order valence-corrected chi connectivity index (χ0v) is 27.2. The minimum Gasteiger partial charge on any atom is -0.455 e. The van der Waals surface area contributed by atoms with Crippen molar-refractivity contribution in [3.05, 3.63) is 158 Å². The van der Waals surface area contributed by atoms with Crippen LogP contribution in [0.5, 0.6) is 0 Å². The van der Waals surface area contributed by atoms with Crippen molar-refractivity contribution >= 4 is 76.3 Å². The number of hydrogen-bond donors (Lipinski definition) is 0. The van der Waals surface area contributed by atoms with Crippen molar-refractivity contribution in [3.63, 3.8) is 0 Å². The highest BCUT2D eigenvalue weighted by molar-refractivity contribution is 6.24. The van der Waals surface area contributed by atoms with E-state index in [1.807, 2.05) is 42.9 Å². The molecule has 0 aliphatic heterocycles. The number of para-hydroxylation sites is 2. The fourth-order valence-corrected chi connectivity index (χ4v) is 7.72. The molecule has 51 heavy (non-hydrogen) atoms. The lowest BCUT2D eigenvalue weighted by molar-refractivity contribution is 0.673. The highest BCUT2D eigenvalue weighted by Gasteiger charge is 2.17. The number of fused-ring (bicyclic) bond motifs is 11. The maximum Gasteiger partial charge on any atom is 0.144 e. The van der Waals surface area contributed by atoms with E-state index in [0.717, 1.165) is 110 Å². The van der Waals surface area contributed by atoms with Gasteiger partial charge in [-0.15, -0.1) is 0 Å². The van der Waals surface area contributed by atoms with Gasteiger partial charge in [0.15, 0.2) is 0 Å². The van der Waals surface area contributed by atoms with Crippen LogP contribution in [-0.2, 0) is 0 Å². The van der Waals surface area contributed by atoms with Gasteiger partial charge in [-0.1, -0.05) is 91.0 Å². The molecule has 0 aliphatic carbocycles. The van der Waals surface area contributed by atoms with Gasteiger partial charge in [-0.25, -0.2) is 4.98 Å². The Kier molecular flexibility index (Phi) is 5.89. The minimum absolute atomic E-state index is 0.892. The van der Waals surface area contributed by atoms with Crippen molar-refractivity contribution in [2.75, 3.05) is 0 Å². The predicted octanol–water partition coefficient (Wildman–Crippen LogP) is 11.9. The largest absolute Gasteiger partial charge is 0.455 e. The number of aromatic nitrogens is 4. The van der Waals surface area contributed by atoms with E-state index in [4.69, 9.17) is 19.4 Å². The Morgan fingerprint density at radius 3 is 2.14 bits per heavy atom. The van der Waals surface area contributed by atoms with Crippen molar-refractivity contribution < 1.29 is 4.42 Å². The van der Waals surface area contributed by atoms with Gasteiger partial charge in [0.2, 0.25) is 0 Å². The summed E-state index contributed by atoms with van der Waals surface area (Å²) in [6.45, 7) is 0. The van der Waals surface area contributed by atoms with Gasteiger partial charge in [0.1, 0.15) is 11.2 Å². The molecule has 6 aromatic carbocycles. The summed E-state index contributed by atoms with van der Waals surface area (Å²) in [5.74, 6) is 0. The van der Waals surface area contributed by atoms with Crippen LogP contribution in [0, 0.1) is 0 Å². The molecule has 0 radical (unpaired) electrons. The molecule has 0 bridgehead atoms. The quantitative estimate of drug-likeness (QED) is 0.178. The van der Waals surface area contributed by atoms with Crippen LogP contribution in [0.15, 0.2) is 163 Å². The third-order valence-corrected chi connectivity index (χ3v) is 10.2. The number of hydrogen-bond acceptors (Lipinski definition) is 5. The van der Waals surface area contributed by atoms with Crippen molar-refractivity contribution in [2.45, 2.75) is 0 Å². The summed E-state index contributed by atoms with van der Waals surface area (Å²) in [4.78, 5) is 19.4. The number of nitrogens with zero attached hydrogens (tertiary/aromatic N) is 4. The number of benzene rings is 6. The second-order valence-corrected chi connectivity index (χ2v) is 13.0. The Morgan fingerprint density at radius 1 is 0.431 bits per heavy atom. The van der Waals surface area contributed by atoms with Crippen molar-refractivity contribution in [1.82, 2.24) is 19.9 Å². The summed E-state index contributed by atoms with van der Waals surface area (Å²) in [6.07, 6.45) is 5.66. The lowest BCUT2D eigenvalue weighted by Gasteiger charge is -2.12. The van der Waals surface area contributed by atoms with Crippen LogP contribution >= 0.6 is 0 Å². The normalized spacial score (nSPS) is 11.9. The molecule has 5 heteroatoms. The van der Waals surface area contributed by atoms with Crippen LogP contribution in [0.4, 0.5) is 0 Å². The summed E-state index contributed by atoms with van der Waals surface area (Å²) in [7, 11) is 0. The van der Waals surface area contributed by atoms with Crippen LogP contribution in [0.2, 0.25) is 0 Å². The van der Waals surface area contributed by atoms with Crippen LogP contribution in [0.1, 0.15) is 0 Å². The van der Waals surface area contributed by atoms with E-state index in [0.29, 0.717) is 0 Å². The maximum atomic E-state index is 6.51. The van der Waals surface area contributed by atoms with Crippen LogP contribution in [0.3, 0.4) is 0 Å². The molecule has 11 aromatic rings. The van der Waals surface area contributed by atoms with Gasteiger partial charge in [-0.05, 0) is 65.2 Å². The summed E-state index contributed by atoms with van der Waals surface area (Å²) < 4.78 is 6.51. The minimum atomic E-state index is 0.892. The molecule has 5 nitrogen and oxygen atoms in total. The number of pyridine rings is 4. The van der Waals surface area contributed by atoms with Gasteiger partial charge < -0.3 is 4.42 Å². The highest BCUT2D eigenvalue weighted by atomic mass is 16.3. The third-order valence-electron chi connectivity index (χ3n) is 10.2. The molecule has 5 aromatic heterocycles. The Bertz CT molecular complexity index is 3200. The summed E-state index contributed by atoms with van der Waals surface area (Å²) in [5, 5.41) is 8.73. The van der Waals surface area contributed by atoms with Gasteiger partial charge in [-0.3, -0.25) is 15.0 Å². The molecule has 0 aliphatic rings. The first-order chi connectivity index (χ1) is 25.3. The van der Waals surface area contributed by atoms with E-state index in [9.17, 15) is 0 Å². The smallest absolute Gasteiger partial charge is 0.144 e. The van der Waals surface area contributed by atoms with Gasteiger partial charge in [-0.2, -0.15) is 0 Å². The summed E-state index contributed by atoms with van der Waals surface area (Å²) in [5.41, 5.74) is 11.9. The first-order valence-electron chi connectivity index (χ1n) is 17.0. The molecule has 0 atom stereocenters. The average molecular weight is 651 g/mol. The predicted molar refractivity (Wildman–Crippen MR) is 209 cm³/mol. The molecular weight excluding hydrogens is 625 g/mol. The van der Waals surface area contributed by atoms with Gasteiger partial charge >= 0.3 is 0 Å². The zero-order chi connectivity index (χ0) is 33.5. The summed E-state index contributed by atoms with van der Waals surface area (Å²) >= 11 is 0. The van der Waals surface area contributed by atoms with Crippen LogP contribution in [0.25, 0.3) is 110 Å². The fraction of sp³-hybridized carbons (Fsp3) is 0. The molecule has 0 spiro atoms. The van der Waals surface area contributed by atoms with E-state index in [2.05, 4.69) is 120 Å². The topological polar surface area (TPSA) is 64.7 Å². The lowest BCUT2D eigenvalue weighted by Crippen LogP contribution is -1.91. The highest BCUT2D eigenvalue weighted by Crippen LogP contribution is 2.41. The fourth-order valence-electron chi connectivity index (χ4n) is 7.72. The van der Waals surface area contributed by atoms with E-state index in [1.165, 1.54) is 0 Å². The first-order valence-corrected chi connectivity index (χ1v) is 17.0.